The molecule has 0 aliphatic heterocycles. The number of hydrogen-bond donors (Lipinski definition) is 0. The molecular formula is C16H20N4O2S. The molecule has 0 radical (unpaired) electrons. The highest BCUT2D eigenvalue weighted by Crippen LogP contribution is 2.33. The molecule has 1 aromatic heterocycles. The van der Waals surface area contributed by atoms with Crippen molar-refractivity contribution in [2.75, 3.05) is 7.11 Å². The first-order valence-electron chi connectivity index (χ1n) is 7.82. The number of ether oxygens (including phenoxy) is 1. The maximum Gasteiger partial charge on any atom is 0.210 e. The smallest absolute Gasteiger partial charge is 0.210 e. The molecule has 1 aliphatic rings. The molecular weight excluding hydrogens is 312 g/mol. The van der Waals surface area contributed by atoms with Crippen LogP contribution in [0.3, 0.4) is 0 Å². The molecule has 122 valence electrons. The normalized spacial score (nSPS) is 16.4. The van der Waals surface area contributed by atoms with Gasteiger partial charge in [0.05, 0.1) is 18.4 Å². The van der Waals surface area contributed by atoms with Crippen LogP contribution >= 0.6 is 11.8 Å². The number of hydrogen-bond acceptors (Lipinski definition) is 6. The van der Waals surface area contributed by atoms with Crippen LogP contribution < -0.4 is 4.74 Å². The molecule has 23 heavy (non-hydrogen) atoms. The summed E-state index contributed by atoms with van der Waals surface area (Å²) in [4.78, 5) is 12.6. The van der Waals surface area contributed by atoms with Gasteiger partial charge in [0.25, 0.3) is 0 Å². The number of thioether (sulfide) groups is 1. The Morgan fingerprint density at radius 3 is 2.65 bits per heavy atom. The second kappa shape index (κ2) is 7.12. The van der Waals surface area contributed by atoms with Crippen LogP contribution in [0.4, 0.5) is 0 Å². The number of aromatic nitrogens is 4. The van der Waals surface area contributed by atoms with Crippen molar-refractivity contribution < 1.29 is 9.53 Å². The van der Waals surface area contributed by atoms with Gasteiger partial charge in [0.2, 0.25) is 5.16 Å². The molecule has 0 amide bonds. The molecule has 0 unspecified atom stereocenters. The van der Waals surface area contributed by atoms with E-state index in [1.807, 2.05) is 11.6 Å². The van der Waals surface area contributed by atoms with Gasteiger partial charge in [-0.2, -0.15) is 0 Å². The van der Waals surface area contributed by atoms with Gasteiger partial charge < -0.3 is 4.74 Å². The number of Topliss-reactive ketones (excluding diaryl/α,β-unsaturated/α-hetero) is 1. The van der Waals surface area contributed by atoms with Crippen LogP contribution in [0.5, 0.6) is 5.75 Å². The van der Waals surface area contributed by atoms with Crippen LogP contribution in [-0.4, -0.2) is 38.4 Å². The molecule has 6 nitrogen and oxygen atoms in total. The van der Waals surface area contributed by atoms with Crippen molar-refractivity contribution in [3.63, 3.8) is 0 Å². The lowest BCUT2D eigenvalue weighted by atomic mass is 10.1. The standard InChI is InChI=1S/C16H20N4O2S/c1-11(15(21)12-7-9-14(22-2)10-8-12)23-16-17-18-19-20(16)13-5-3-4-6-13/h7-11,13H,3-6H2,1-2H3/t11-/m0/s1. The highest BCUT2D eigenvalue weighted by Gasteiger charge is 2.25. The minimum absolute atomic E-state index is 0.0682. The van der Waals surface area contributed by atoms with Gasteiger partial charge in [-0.05, 0) is 54.5 Å². The topological polar surface area (TPSA) is 69.9 Å². The van der Waals surface area contributed by atoms with E-state index in [0.29, 0.717) is 11.6 Å². The third-order valence-electron chi connectivity index (χ3n) is 4.16. The SMILES string of the molecule is COc1ccc(C(=O)[C@H](C)Sc2nnnn2C2CCCC2)cc1. The van der Waals surface area contributed by atoms with Crippen molar-refractivity contribution >= 4 is 17.5 Å². The van der Waals surface area contributed by atoms with Gasteiger partial charge in [-0.25, -0.2) is 4.68 Å². The third-order valence-corrected chi connectivity index (χ3v) is 5.21. The van der Waals surface area contributed by atoms with Crippen LogP contribution in [-0.2, 0) is 0 Å². The predicted octanol–water partition coefficient (Wildman–Crippen LogP) is 3.16. The zero-order valence-electron chi connectivity index (χ0n) is 13.3. The van der Waals surface area contributed by atoms with Crippen LogP contribution in [0.15, 0.2) is 29.4 Å². The molecule has 1 aliphatic carbocycles. The Labute approximate surface area is 139 Å². The predicted molar refractivity (Wildman–Crippen MR) is 88.0 cm³/mol. The van der Waals surface area contributed by atoms with E-state index < -0.39 is 0 Å². The summed E-state index contributed by atoms with van der Waals surface area (Å²) in [7, 11) is 1.61. The first-order valence-corrected chi connectivity index (χ1v) is 8.70. The quantitative estimate of drug-likeness (QED) is 0.598. The Hall–Kier alpha value is -1.89. The second-order valence-electron chi connectivity index (χ2n) is 5.70. The Balaban J connectivity index is 1.69. The van der Waals surface area contributed by atoms with E-state index >= 15 is 0 Å². The summed E-state index contributed by atoms with van der Waals surface area (Å²) < 4.78 is 7.01. The van der Waals surface area contributed by atoms with E-state index in [9.17, 15) is 4.79 Å². The number of carbonyl (C=O) groups excluding carboxylic acids is 1. The van der Waals surface area contributed by atoms with Gasteiger partial charge in [0.15, 0.2) is 5.78 Å². The molecule has 1 aromatic carbocycles. The van der Waals surface area contributed by atoms with Crippen molar-refractivity contribution in [2.24, 2.45) is 0 Å². The van der Waals surface area contributed by atoms with E-state index in [4.69, 9.17) is 4.74 Å². The molecule has 0 N–H and O–H groups in total. The number of tetrazole rings is 1. The lowest BCUT2D eigenvalue weighted by Gasteiger charge is -2.13. The first kappa shape index (κ1) is 16.0. The number of rotatable bonds is 6. The second-order valence-corrected chi connectivity index (χ2v) is 7.01. The van der Waals surface area contributed by atoms with Crippen molar-refractivity contribution in [3.05, 3.63) is 29.8 Å². The van der Waals surface area contributed by atoms with Crippen molar-refractivity contribution in [2.45, 2.75) is 49.1 Å². The number of ketones is 1. The lowest BCUT2D eigenvalue weighted by molar-refractivity contribution is 0.0993. The highest BCUT2D eigenvalue weighted by atomic mass is 32.2. The lowest BCUT2D eigenvalue weighted by Crippen LogP contribution is -2.16. The van der Waals surface area contributed by atoms with E-state index in [1.54, 1.807) is 31.4 Å². The van der Waals surface area contributed by atoms with E-state index in [-0.39, 0.29) is 11.0 Å². The fraction of sp³-hybridized carbons (Fsp3) is 0.500. The Bertz CT molecular complexity index is 665. The molecule has 2 aromatic rings. The first-order chi connectivity index (χ1) is 11.2. The monoisotopic (exact) mass is 332 g/mol. The summed E-state index contributed by atoms with van der Waals surface area (Å²) >= 11 is 1.42. The van der Waals surface area contributed by atoms with Crippen LogP contribution in [0.25, 0.3) is 0 Å². The van der Waals surface area contributed by atoms with E-state index in [1.165, 1.54) is 24.6 Å². The minimum Gasteiger partial charge on any atom is -0.497 e. The number of nitrogens with zero attached hydrogens (tertiary/aromatic N) is 4. The Morgan fingerprint density at radius 1 is 1.30 bits per heavy atom. The van der Waals surface area contributed by atoms with Gasteiger partial charge >= 0.3 is 0 Å². The molecule has 0 bridgehead atoms. The van der Waals surface area contributed by atoms with E-state index in [0.717, 1.165) is 23.7 Å². The minimum atomic E-state index is -0.241. The summed E-state index contributed by atoms with van der Waals surface area (Å²) in [6.07, 6.45) is 4.66. The fourth-order valence-electron chi connectivity index (χ4n) is 2.84. The maximum atomic E-state index is 12.6. The molecule has 1 heterocycles. The van der Waals surface area contributed by atoms with Crippen molar-refractivity contribution in [1.82, 2.24) is 20.2 Å². The van der Waals surface area contributed by atoms with Gasteiger partial charge in [-0.3, -0.25) is 4.79 Å². The summed E-state index contributed by atoms with van der Waals surface area (Å²) in [5.41, 5.74) is 0.672. The fourth-order valence-corrected chi connectivity index (χ4v) is 3.78. The highest BCUT2D eigenvalue weighted by molar-refractivity contribution is 8.00. The summed E-state index contributed by atoms with van der Waals surface area (Å²) in [6, 6.07) is 7.55. The third kappa shape index (κ3) is 3.55. The number of carbonyl (C=O) groups is 1. The molecule has 0 spiro atoms. The molecule has 0 saturated heterocycles. The van der Waals surface area contributed by atoms with Gasteiger partial charge in [0.1, 0.15) is 5.75 Å². The molecule has 1 atom stereocenters. The molecule has 3 rings (SSSR count). The van der Waals surface area contributed by atoms with Gasteiger partial charge in [-0.15, -0.1) is 5.10 Å². The van der Waals surface area contributed by atoms with Crippen LogP contribution in [0.1, 0.15) is 49.0 Å². The van der Waals surface area contributed by atoms with Gasteiger partial charge in [0, 0.05) is 5.56 Å². The zero-order valence-corrected chi connectivity index (χ0v) is 14.1. The maximum absolute atomic E-state index is 12.6. The molecule has 1 saturated carbocycles. The average Bonchev–Trinajstić information content (AvgIpc) is 3.25. The van der Waals surface area contributed by atoms with Crippen molar-refractivity contribution in [3.8, 4) is 5.75 Å². The van der Waals surface area contributed by atoms with E-state index in [2.05, 4.69) is 15.5 Å². The number of methoxy groups -OCH3 is 1. The number of benzene rings is 1. The summed E-state index contributed by atoms with van der Waals surface area (Å²) in [5, 5.41) is 12.5. The Kier molecular flexibility index (Phi) is 4.95. The molecule has 1 fully saturated rings. The largest absolute Gasteiger partial charge is 0.497 e. The van der Waals surface area contributed by atoms with Crippen LogP contribution in [0, 0.1) is 0 Å². The summed E-state index contributed by atoms with van der Waals surface area (Å²) in [5.74, 6) is 0.811. The average molecular weight is 332 g/mol. The summed E-state index contributed by atoms with van der Waals surface area (Å²) in [6.45, 7) is 1.89. The zero-order chi connectivity index (χ0) is 16.2. The van der Waals surface area contributed by atoms with Crippen LogP contribution in [0.2, 0.25) is 0 Å². The Morgan fingerprint density at radius 2 is 2.00 bits per heavy atom. The van der Waals surface area contributed by atoms with Crippen molar-refractivity contribution in [1.29, 1.82) is 0 Å². The van der Waals surface area contributed by atoms with Gasteiger partial charge in [-0.1, -0.05) is 24.6 Å². The molecule has 7 heteroatoms.